The molecular weight excluding hydrogens is 408 g/mol. The molecule has 1 N–H and O–H groups in total. The summed E-state index contributed by atoms with van der Waals surface area (Å²) in [6.07, 6.45) is 1.89. The zero-order valence-electron chi connectivity index (χ0n) is 18.4. The van der Waals surface area contributed by atoms with Gasteiger partial charge in [0.15, 0.2) is 0 Å². The number of ether oxygens (including phenoxy) is 2. The first-order chi connectivity index (χ1) is 15.1. The van der Waals surface area contributed by atoms with E-state index in [9.17, 15) is 4.79 Å². The Morgan fingerprint density at radius 2 is 1.94 bits per heavy atom. The topological polar surface area (TPSA) is 50.8 Å². The van der Waals surface area contributed by atoms with Crippen molar-refractivity contribution in [2.24, 2.45) is 0 Å². The van der Waals surface area contributed by atoms with Crippen LogP contribution >= 0.6 is 11.3 Å². The summed E-state index contributed by atoms with van der Waals surface area (Å²) >= 11 is 1.82. The summed E-state index contributed by atoms with van der Waals surface area (Å²) < 4.78 is 10.8. The monoisotopic (exact) mass is 436 g/mol. The van der Waals surface area contributed by atoms with Crippen molar-refractivity contribution in [2.75, 3.05) is 26.1 Å². The van der Waals surface area contributed by atoms with E-state index in [-0.39, 0.29) is 12.1 Å². The van der Waals surface area contributed by atoms with Gasteiger partial charge in [-0.05, 0) is 48.6 Å². The Bertz CT molecular complexity index is 1080. The van der Waals surface area contributed by atoms with Crippen LogP contribution in [0.25, 0.3) is 0 Å². The van der Waals surface area contributed by atoms with Crippen LogP contribution < -0.4 is 14.8 Å². The van der Waals surface area contributed by atoms with Gasteiger partial charge < -0.3 is 19.7 Å². The summed E-state index contributed by atoms with van der Waals surface area (Å²) in [5.74, 6) is 1.27. The van der Waals surface area contributed by atoms with E-state index in [2.05, 4.69) is 31.3 Å². The maximum atomic E-state index is 13.5. The van der Waals surface area contributed by atoms with Crippen molar-refractivity contribution >= 4 is 23.1 Å². The molecule has 0 unspecified atom stereocenters. The van der Waals surface area contributed by atoms with Gasteiger partial charge in [0.2, 0.25) is 0 Å². The molecule has 0 saturated carbocycles. The molecule has 0 fully saturated rings. The van der Waals surface area contributed by atoms with Gasteiger partial charge >= 0.3 is 6.03 Å². The Balaban J connectivity index is 1.72. The minimum atomic E-state index is -0.143. The number of urea groups is 1. The summed E-state index contributed by atoms with van der Waals surface area (Å²) in [7, 11) is 3.20. The number of methoxy groups -OCH3 is 2. The highest BCUT2D eigenvalue weighted by molar-refractivity contribution is 7.12. The van der Waals surface area contributed by atoms with E-state index in [0.717, 1.165) is 18.4 Å². The van der Waals surface area contributed by atoms with Crippen molar-refractivity contribution in [3.63, 3.8) is 0 Å². The normalized spacial score (nSPS) is 15.4. The highest BCUT2D eigenvalue weighted by Gasteiger charge is 2.35. The molecule has 0 spiro atoms. The number of hydrogen-bond donors (Lipinski definition) is 1. The predicted molar refractivity (Wildman–Crippen MR) is 126 cm³/mol. The molecule has 2 amide bonds. The fourth-order valence-electron chi connectivity index (χ4n) is 4.39. The molecule has 1 atom stereocenters. The number of rotatable bonds is 5. The van der Waals surface area contributed by atoms with E-state index in [1.165, 1.54) is 20.9 Å². The number of amides is 2. The molecule has 3 aromatic rings. The standard InChI is InChI=1S/C25H28N2O3S/c1-5-19-16(2)31-24-20(19)13-14-27(23(24)17-9-7-6-8-10-17)25(28)26-21-15-18(29-3)11-12-22(21)30-4/h6-12,15,23H,5,13-14H2,1-4H3,(H,26,28)/t23-/m0/s1. The number of aryl methyl sites for hydroxylation is 1. The van der Waals surface area contributed by atoms with Gasteiger partial charge in [-0.2, -0.15) is 0 Å². The molecule has 6 heteroatoms. The third-order valence-electron chi connectivity index (χ3n) is 5.89. The van der Waals surface area contributed by atoms with E-state index in [1.54, 1.807) is 26.4 Å². The lowest BCUT2D eigenvalue weighted by atomic mass is 9.92. The molecule has 1 aliphatic heterocycles. The third-order valence-corrected chi connectivity index (χ3v) is 7.13. The van der Waals surface area contributed by atoms with Crippen LogP contribution in [0.5, 0.6) is 11.5 Å². The molecule has 2 aromatic carbocycles. The van der Waals surface area contributed by atoms with Crippen LogP contribution in [-0.2, 0) is 12.8 Å². The number of anilines is 1. The minimum absolute atomic E-state index is 0.106. The maximum Gasteiger partial charge on any atom is 0.322 e. The number of nitrogens with one attached hydrogen (secondary N) is 1. The average Bonchev–Trinajstić information content (AvgIpc) is 3.13. The lowest BCUT2D eigenvalue weighted by Gasteiger charge is -2.36. The van der Waals surface area contributed by atoms with Crippen molar-refractivity contribution < 1.29 is 14.3 Å². The summed E-state index contributed by atoms with van der Waals surface area (Å²) in [5, 5.41) is 3.06. The van der Waals surface area contributed by atoms with Gasteiger partial charge in [0.25, 0.3) is 0 Å². The maximum absolute atomic E-state index is 13.5. The van der Waals surface area contributed by atoms with Crippen LogP contribution in [0.15, 0.2) is 48.5 Å². The number of hydrogen-bond acceptors (Lipinski definition) is 4. The fourth-order valence-corrected chi connectivity index (χ4v) is 5.84. The van der Waals surface area contributed by atoms with E-state index >= 15 is 0 Å². The van der Waals surface area contributed by atoms with Crippen molar-refractivity contribution in [3.05, 3.63) is 75.0 Å². The molecule has 2 heterocycles. The van der Waals surface area contributed by atoms with Crippen molar-refractivity contribution in [3.8, 4) is 11.5 Å². The second-order valence-corrected chi connectivity index (χ2v) is 8.84. The van der Waals surface area contributed by atoms with Crippen LogP contribution in [0.4, 0.5) is 10.5 Å². The molecule has 0 bridgehead atoms. The number of benzene rings is 2. The summed E-state index contributed by atoms with van der Waals surface area (Å²) in [4.78, 5) is 18.1. The second-order valence-electron chi connectivity index (χ2n) is 7.59. The van der Waals surface area contributed by atoms with Crippen molar-refractivity contribution in [1.82, 2.24) is 4.90 Å². The zero-order valence-corrected chi connectivity index (χ0v) is 19.2. The predicted octanol–water partition coefficient (Wildman–Crippen LogP) is 5.82. The zero-order chi connectivity index (χ0) is 22.0. The lowest BCUT2D eigenvalue weighted by molar-refractivity contribution is 0.195. The molecule has 0 saturated heterocycles. The molecular formula is C25H28N2O3S. The van der Waals surface area contributed by atoms with Gasteiger partial charge in [-0.1, -0.05) is 37.3 Å². The molecule has 31 heavy (non-hydrogen) atoms. The summed E-state index contributed by atoms with van der Waals surface area (Å²) in [5.41, 5.74) is 4.58. The average molecular weight is 437 g/mol. The van der Waals surface area contributed by atoms with Gasteiger partial charge in [-0.15, -0.1) is 11.3 Å². The summed E-state index contributed by atoms with van der Waals surface area (Å²) in [6, 6.07) is 15.4. The van der Waals surface area contributed by atoms with Gasteiger partial charge in [0.05, 0.1) is 25.9 Å². The van der Waals surface area contributed by atoms with Crippen LogP contribution in [-0.4, -0.2) is 31.7 Å². The van der Waals surface area contributed by atoms with Gasteiger partial charge in [-0.3, -0.25) is 0 Å². The minimum Gasteiger partial charge on any atom is -0.497 e. The van der Waals surface area contributed by atoms with E-state index in [1.807, 2.05) is 40.5 Å². The van der Waals surface area contributed by atoms with E-state index in [0.29, 0.717) is 23.7 Å². The number of fused-ring (bicyclic) bond motifs is 1. The summed E-state index contributed by atoms with van der Waals surface area (Å²) in [6.45, 7) is 5.06. The van der Waals surface area contributed by atoms with Crippen LogP contribution in [0, 0.1) is 6.92 Å². The Hall–Kier alpha value is -2.99. The number of carbonyl (C=O) groups is 1. The van der Waals surface area contributed by atoms with Crippen LogP contribution in [0.3, 0.4) is 0 Å². The van der Waals surface area contributed by atoms with Crippen LogP contribution in [0.2, 0.25) is 0 Å². The fraction of sp³-hybridized carbons (Fsp3) is 0.320. The Morgan fingerprint density at radius 3 is 2.61 bits per heavy atom. The number of thiophene rings is 1. The number of nitrogens with zero attached hydrogens (tertiary/aromatic N) is 1. The SMILES string of the molecule is CCc1c(C)sc2c1CCN(C(=O)Nc1cc(OC)ccc1OC)[C@H]2c1ccccc1. The first-order valence-electron chi connectivity index (χ1n) is 10.5. The number of carbonyl (C=O) groups excluding carboxylic acids is 1. The molecule has 4 rings (SSSR count). The Morgan fingerprint density at radius 1 is 1.16 bits per heavy atom. The van der Waals surface area contributed by atoms with Gasteiger partial charge in [0.1, 0.15) is 11.5 Å². The van der Waals surface area contributed by atoms with E-state index < -0.39 is 0 Å². The molecule has 0 radical (unpaired) electrons. The van der Waals surface area contributed by atoms with Crippen LogP contribution in [0.1, 0.15) is 39.4 Å². The lowest BCUT2D eigenvalue weighted by Crippen LogP contribution is -2.42. The molecule has 5 nitrogen and oxygen atoms in total. The molecule has 162 valence electrons. The third kappa shape index (κ3) is 4.00. The van der Waals surface area contributed by atoms with Gasteiger partial charge in [-0.25, -0.2) is 4.79 Å². The Kier molecular flexibility index (Phi) is 6.18. The first-order valence-corrected chi connectivity index (χ1v) is 11.3. The first kappa shape index (κ1) is 21.2. The van der Waals surface area contributed by atoms with E-state index in [4.69, 9.17) is 9.47 Å². The highest BCUT2D eigenvalue weighted by Crippen LogP contribution is 2.43. The molecule has 1 aromatic heterocycles. The smallest absolute Gasteiger partial charge is 0.322 e. The quantitative estimate of drug-likeness (QED) is 0.549. The largest absolute Gasteiger partial charge is 0.497 e. The molecule has 1 aliphatic rings. The second kappa shape index (κ2) is 9.02. The van der Waals surface area contributed by atoms with Crippen molar-refractivity contribution in [1.29, 1.82) is 0 Å². The van der Waals surface area contributed by atoms with Gasteiger partial charge in [0, 0.05) is 22.4 Å². The highest BCUT2D eigenvalue weighted by atomic mass is 32.1. The van der Waals surface area contributed by atoms with Crippen molar-refractivity contribution in [2.45, 2.75) is 32.7 Å². The molecule has 0 aliphatic carbocycles. The Labute approximate surface area is 187 Å².